The summed E-state index contributed by atoms with van der Waals surface area (Å²) in [5.41, 5.74) is 9.27. The van der Waals surface area contributed by atoms with Crippen LogP contribution in [0.5, 0.6) is 0 Å². The smallest absolute Gasteiger partial charge is 0.227 e. The molecule has 10 aromatic carbocycles. The summed E-state index contributed by atoms with van der Waals surface area (Å²) in [5.74, 6) is 0.621. The third-order valence-corrected chi connectivity index (χ3v) is 11.5. The predicted molar refractivity (Wildman–Crippen MR) is 238 cm³/mol. The van der Waals surface area contributed by atoms with Gasteiger partial charge in [0.15, 0.2) is 5.58 Å². The van der Waals surface area contributed by atoms with Gasteiger partial charge in [-0.25, -0.2) is 4.98 Å². The Morgan fingerprint density at radius 1 is 0.439 bits per heavy atom. The fourth-order valence-corrected chi connectivity index (χ4v) is 9.01. The normalized spacial score (nSPS) is 11.9. The number of anilines is 3. The SMILES string of the molecule is c1ccc(-c2nc3ccc4ccc5ccc(N(c6cc7ccccc7c7ccccc67)c6cccc7c8ccccc8n(-c8ccccc8)c67)cc5c4c3o2)cc1. The molecule has 4 heteroatoms. The van der Waals surface area contributed by atoms with Crippen molar-refractivity contribution in [2.24, 2.45) is 0 Å². The lowest BCUT2D eigenvalue weighted by molar-refractivity contribution is 0.623. The number of hydrogen-bond acceptors (Lipinski definition) is 3. The van der Waals surface area contributed by atoms with E-state index in [1.54, 1.807) is 0 Å². The number of fused-ring (bicyclic) bond motifs is 11. The van der Waals surface area contributed by atoms with Crippen molar-refractivity contribution in [1.82, 2.24) is 9.55 Å². The first kappa shape index (κ1) is 31.6. The third-order valence-electron chi connectivity index (χ3n) is 11.5. The predicted octanol–water partition coefficient (Wildman–Crippen LogP) is 14.7. The van der Waals surface area contributed by atoms with Gasteiger partial charge in [-0.15, -0.1) is 0 Å². The van der Waals surface area contributed by atoms with Crippen LogP contribution >= 0.6 is 0 Å². The molecule has 0 saturated heterocycles. The Morgan fingerprint density at radius 2 is 1.11 bits per heavy atom. The van der Waals surface area contributed by atoms with Crippen molar-refractivity contribution in [3.63, 3.8) is 0 Å². The molecule has 0 bridgehead atoms. The Labute approximate surface area is 328 Å². The molecule has 2 aromatic heterocycles. The van der Waals surface area contributed by atoms with E-state index in [9.17, 15) is 0 Å². The lowest BCUT2D eigenvalue weighted by Crippen LogP contribution is -2.12. The molecule has 0 aliphatic carbocycles. The molecule has 266 valence electrons. The van der Waals surface area contributed by atoms with Gasteiger partial charge < -0.3 is 13.9 Å². The highest BCUT2D eigenvalue weighted by atomic mass is 16.3. The molecule has 0 radical (unpaired) electrons. The maximum Gasteiger partial charge on any atom is 0.227 e. The van der Waals surface area contributed by atoms with Gasteiger partial charge in [0.1, 0.15) is 5.52 Å². The summed E-state index contributed by atoms with van der Waals surface area (Å²) >= 11 is 0. The van der Waals surface area contributed by atoms with Gasteiger partial charge in [0.25, 0.3) is 0 Å². The van der Waals surface area contributed by atoms with E-state index in [4.69, 9.17) is 9.40 Å². The van der Waals surface area contributed by atoms with E-state index in [1.807, 2.05) is 30.3 Å². The molecule has 4 nitrogen and oxygen atoms in total. The van der Waals surface area contributed by atoms with Crippen LogP contribution in [0, 0.1) is 0 Å². The van der Waals surface area contributed by atoms with Gasteiger partial charge in [0.2, 0.25) is 5.89 Å². The minimum Gasteiger partial charge on any atom is -0.435 e. The van der Waals surface area contributed by atoms with Gasteiger partial charge in [0, 0.05) is 38.5 Å². The van der Waals surface area contributed by atoms with Gasteiger partial charge in [-0.2, -0.15) is 0 Å². The van der Waals surface area contributed by atoms with E-state index in [-0.39, 0.29) is 0 Å². The summed E-state index contributed by atoms with van der Waals surface area (Å²) < 4.78 is 9.11. The van der Waals surface area contributed by atoms with Crippen molar-refractivity contribution in [3.8, 4) is 17.1 Å². The second kappa shape index (κ2) is 12.4. The fraction of sp³-hybridized carbons (Fsp3) is 0. The van der Waals surface area contributed by atoms with Crippen LogP contribution in [0.25, 0.3) is 93.1 Å². The molecule has 12 rings (SSSR count). The van der Waals surface area contributed by atoms with Crippen molar-refractivity contribution in [2.75, 3.05) is 4.90 Å². The molecule has 0 saturated carbocycles. The third kappa shape index (κ3) is 4.84. The molecule has 0 aliphatic heterocycles. The Bertz CT molecular complexity index is 3530. The van der Waals surface area contributed by atoms with Gasteiger partial charge >= 0.3 is 0 Å². The van der Waals surface area contributed by atoms with Crippen LogP contribution in [0.3, 0.4) is 0 Å². The van der Waals surface area contributed by atoms with Crippen molar-refractivity contribution in [2.45, 2.75) is 0 Å². The Morgan fingerprint density at radius 3 is 1.96 bits per heavy atom. The number of oxazole rings is 1. The van der Waals surface area contributed by atoms with E-state index in [1.165, 1.54) is 37.8 Å². The highest BCUT2D eigenvalue weighted by molar-refractivity contribution is 6.21. The Hall–Kier alpha value is -7.69. The molecule has 0 unspecified atom stereocenters. The number of rotatable bonds is 5. The highest BCUT2D eigenvalue weighted by Gasteiger charge is 2.24. The van der Waals surface area contributed by atoms with E-state index in [2.05, 4.69) is 179 Å². The van der Waals surface area contributed by atoms with Crippen LogP contribution in [0.4, 0.5) is 17.1 Å². The van der Waals surface area contributed by atoms with Crippen molar-refractivity contribution >= 4 is 93.1 Å². The minimum absolute atomic E-state index is 0.621. The monoisotopic (exact) mass is 727 g/mol. The van der Waals surface area contributed by atoms with Gasteiger partial charge in [-0.1, -0.05) is 140 Å². The zero-order valence-electron chi connectivity index (χ0n) is 30.8. The lowest BCUT2D eigenvalue weighted by Gasteiger charge is -2.29. The first-order valence-corrected chi connectivity index (χ1v) is 19.4. The van der Waals surface area contributed by atoms with E-state index in [0.717, 1.165) is 66.5 Å². The molecule has 2 heterocycles. The van der Waals surface area contributed by atoms with Gasteiger partial charge in [-0.3, -0.25) is 0 Å². The van der Waals surface area contributed by atoms with Crippen LogP contribution in [0.1, 0.15) is 0 Å². The molecule has 57 heavy (non-hydrogen) atoms. The van der Waals surface area contributed by atoms with Crippen LogP contribution in [-0.4, -0.2) is 9.55 Å². The molecule has 0 N–H and O–H groups in total. The standard InChI is InChI=1S/C53H33N3O/c1-3-14-36(15-4-1)53-54-46-31-29-35-27-26-34-28-30-39(33-45(34)50(35)52(46)57-53)55(49-32-37-16-7-8-19-40(37)41-20-9-10-21-42(41)49)48-25-13-23-44-43-22-11-12-24-47(43)56(51(44)48)38-17-5-2-6-18-38/h1-33H. The average Bonchev–Trinajstić information content (AvgIpc) is 3.87. The van der Waals surface area contributed by atoms with Crippen LogP contribution < -0.4 is 4.90 Å². The number of benzene rings is 10. The first-order valence-electron chi connectivity index (χ1n) is 19.4. The molecule has 0 amide bonds. The van der Waals surface area contributed by atoms with Crippen molar-refractivity contribution in [1.29, 1.82) is 0 Å². The maximum absolute atomic E-state index is 6.68. The molecule has 0 fully saturated rings. The van der Waals surface area contributed by atoms with E-state index < -0.39 is 0 Å². The van der Waals surface area contributed by atoms with E-state index >= 15 is 0 Å². The van der Waals surface area contributed by atoms with Crippen LogP contribution in [-0.2, 0) is 0 Å². The average molecular weight is 728 g/mol. The highest BCUT2D eigenvalue weighted by Crippen LogP contribution is 2.48. The lowest BCUT2D eigenvalue weighted by atomic mass is 9.97. The number of hydrogen-bond donors (Lipinski definition) is 0. The quantitative estimate of drug-likeness (QED) is 0.166. The first-order chi connectivity index (χ1) is 28.3. The molecule has 0 aliphatic rings. The number of para-hydroxylation sites is 3. The largest absolute Gasteiger partial charge is 0.435 e. The maximum atomic E-state index is 6.68. The molecular formula is C53H33N3O. The van der Waals surface area contributed by atoms with Crippen molar-refractivity contribution < 1.29 is 4.42 Å². The molecule has 0 atom stereocenters. The zero-order chi connectivity index (χ0) is 37.5. The number of nitrogens with zero attached hydrogens (tertiary/aromatic N) is 3. The summed E-state index contributed by atoms with van der Waals surface area (Å²) in [4.78, 5) is 7.45. The summed E-state index contributed by atoms with van der Waals surface area (Å²) in [6.45, 7) is 0. The van der Waals surface area contributed by atoms with Crippen molar-refractivity contribution in [3.05, 3.63) is 200 Å². The summed E-state index contributed by atoms with van der Waals surface area (Å²) in [6.07, 6.45) is 0. The molecule has 12 aromatic rings. The van der Waals surface area contributed by atoms with Crippen LogP contribution in [0.15, 0.2) is 205 Å². The number of aromatic nitrogens is 2. The summed E-state index contributed by atoms with van der Waals surface area (Å²) in [5, 5.41) is 11.6. The Kier molecular flexibility index (Phi) is 6.89. The van der Waals surface area contributed by atoms with Gasteiger partial charge in [0.05, 0.1) is 22.4 Å². The second-order valence-corrected chi connectivity index (χ2v) is 14.7. The Balaban J connectivity index is 1.21. The zero-order valence-corrected chi connectivity index (χ0v) is 30.8. The molecule has 0 spiro atoms. The summed E-state index contributed by atoms with van der Waals surface area (Å²) in [7, 11) is 0. The fourth-order valence-electron chi connectivity index (χ4n) is 9.01. The molecular weight excluding hydrogens is 695 g/mol. The minimum atomic E-state index is 0.621. The van der Waals surface area contributed by atoms with E-state index in [0.29, 0.717) is 5.89 Å². The topological polar surface area (TPSA) is 34.2 Å². The van der Waals surface area contributed by atoms with Gasteiger partial charge in [-0.05, 0) is 93.0 Å². The summed E-state index contributed by atoms with van der Waals surface area (Å²) in [6, 6.07) is 71.7. The second-order valence-electron chi connectivity index (χ2n) is 14.7. The van der Waals surface area contributed by atoms with Crippen LogP contribution in [0.2, 0.25) is 0 Å².